The van der Waals surface area contributed by atoms with Crippen LogP contribution in [0.5, 0.6) is 11.5 Å². The summed E-state index contributed by atoms with van der Waals surface area (Å²) in [4.78, 5) is 4.21. The molecule has 0 saturated heterocycles. The topological polar surface area (TPSA) is 79.4 Å². The maximum atomic E-state index is 9.76. The average Bonchev–Trinajstić information content (AvgIpc) is 2.89. The molecule has 0 radical (unpaired) electrons. The molecule has 2 aromatic carbocycles. The van der Waals surface area contributed by atoms with E-state index < -0.39 is 0 Å². The zero-order chi connectivity index (χ0) is 14.1. The fraction of sp³-hybridized carbons (Fsp3) is 0. The first-order valence-electron chi connectivity index (χ1n) is 5.75. The molecule has 2 N–H and O–H groups in total. The molecule has 3 aromatic rings. The third-order valence-electron chi connectivity index (χ3n) is 2.74. The molecule has 1 heterocycles. The number of hydrogen-bond donors (Lipinski definition) is 2. The first-order chi connectivity index (χ1) is 9.63. The van der Waals surface area contributed by atoms with Crippen LogP contribution >= 0.6 is 11.6 Å². The molecular formula is C14H9ClN2O3. The predicted molar refractivity (Wildman–Crippen MR) is 73.5 cm³/mol. The Hall–Kier alpha value is -2.53. The predicted octanol–water partition coefficient (Wildman–Crippen LogP) is 3.47. The number of aromatic nitrogens is 2. The molecule has 0 aliphatic carbocycles. The minimum atomic E-state index is -0.128. The Morgan fingerprint density at radius 3 is 2.45 bits per heavy atom. The van der Waals surface area contributed by atoms with E-state index in [1.807, 2.05) is 0 Å². The molecule has 0 spiro atoms. The van der Waals surface area contributed by atoms with Gasteiger partial charge in [0.2, 0.25) is 5.82 Å². The number of halogens is 1. The van der Waals surface area contributed by atoms with Crippen LogP contribution in [0.25, 0.3) is 22.8 Å². The summed E-state index contributed by atoms with van der Waals surface area (Å²) in [5.41, 5.74) is 1.11. The molecule has 1 aromatic heterocycles. The second-order valence-electron chi connectivity index (χ2n) is 4.13. The van der Waals surface area contributed by atoms with Crippen LogP contribution in [-0.4, -0.2) is 20.4 Å². The van der Waals surface area contributed by atoms with Crippen molar-refractivity contribution in [1.82, 2.24) is 10.1 Å². The summed E-state index contributed by atoms with van der Waals surface area (Å²) >= 11 is 5.81. The van der Waals surface area contributed by atoms with Crippen molar-refractivity contribution < 1.29 is 14.7 Å². The lowest BCUT2D eigenvalue weighted by Crippen LogP contribution is -1.81. The van der Waals surface area contributed by atoms with Crippen molar-refractivity contribution in [2.45, 2.75) is 0 Å². The molecule has 6 heteroatoms. The smallest absolute Gasteiger partial charge is 0.262 e. The van der Waals surface area contributed by atoms with E-state index in [9.17, 15) is 10.2 Å². The van der Waals surface area contributed by atoms with Crippen molar-refractivity contribution in [1.29, 1.82) is 0 Å². The van der Waals surface area contributed by atoms with Crippen molar-refractivity contribution in [3.05, 3.63) is 47.5 Å². The molecule has 0 aliphatic heterocycles. The van der Waals surface area contributed by atoms with Crippen LogP contribution in [0.3, 0.4) is 0 Å². The Kier molecular flexibility index (Phi) is 3.04. The number of phenols is 2. The van der Waals surface area contributed by atoms with E-state index >= 15 is 0 Å². The van der Waals surface area contributed by atoms with Crippen molar-refractivity contribution in [2.75, 3.05) is 0 Å². The summed E-state index contributed by atoms with van der Waals surface area (Å²) < 4.78 is 5.12. The number of rotatable bonds is 2. The van der Waals surface area contributed by atoms with Gasteiger partial charge >= 0.3 is 0 Å². The summed E-state index contributed by atoms with van der Waals surface area (Å²) in [7, 11) is 0. The SMILES string of the molecule is Oc1ccc(-c2nc(-c3ccc(Cl)cc3)no2)c(O)c1. The molecule has 0 amide bonds. The molecule has 0 saturated carbocycles. The van der Waals surface area contributed by atoms with Gasteiger partial charge in [-0.2, -0.15) is 4.98 Å². The summed E-state index contributed by atoms with van der Waals surface area (Å²) in [6.07, 6.45) is 0. The molecule has 0 fully saturated rings. The minimum absolute atomic E-state index is 0.0382. The van der Waals surface area contributed by atoms with Crippen LogP contribution < -0.4 is 0 Å². The van der Waals surface area contributed by atoms with E-state index in [1.165, 1.54) is 18.2 Å². The molecule has 0 aliphatic rings. The third kappa shape index (κ3) is 2.31. The summed E-state index contributed by atoms with van der Waals surface area (Å²) in [6.45, 7) is 0. The van der Waals surface area contributed by atoms with Gasteiger partial charge in [0.25, 0.3) is 5.89 Å². The summed E-state index contributed by atoms with van der Waals surface area (Å²) in [5.74, 6) is 0.400. The van der Waals surface area contributed by atoms with Gasteiger partial charge in [-0.05, 0) is 36.4 Å². The Bertz CT molecular complexity index is 753. The second-order valence-corrected chi connectivity index (χ2v) is 4.57. The molecule has 3 rings (SSSR count). The second kappa shape index (κ2) is 4.86. The van der Waals surface area contributed by atoms with E-state index in [2.05, 4.69) is 10.1 Å². The molecule has 0 bridgehead atoms. The summed E-state index contributed by atoms with van der Waals surface area (Å²) in [6, 6.07) is 11.1. The number of aromatic hydroxyl groups is 2. The van der Waals surface area contributed by atoms with Crippen LogP contribution in [0.4, 0.5) is 0 Å². The van der Waals surface area contributed by atoms with Gasteiger partial charge in [-0.25, -0.2) is 0 Å². The average molecular weight is 289 g/mol. The minimum Gasteiger partial charge on any atom is -0.508 e. The van der Waals surface area contributed by atoms with Crippen LogP contribution in [0.15, 0.2) is 47.0 Å². The van der Waals surface area contributed by atoms with Crippen molar-refractivity contribution in [3.63, 3.8) is 0 Å². The van der Waals surface area contributed by atoms with Gasteiger partial charge in [-0.1, -0.05) is 16.8 Å². The Labute approximate surface area is 119 Å². The van der Waals surface area contributed by atoms with Crippen LogP contribution in [0, 0.1) is 0 Å². The van der Waals surface area contributed by atoms with Gasteiger partial charge in [-0.3, -0.25) is 0 Å². The standard InChI is InChI=1S/C14H9ClN2O3/c15-9-3-1-8(2-4-9)13-16-14(20-17-13)11-6-5-10(18)7-12(11)19/h1-7,18-19H. The first kappa shape index (κ1) is 12.5. The van der Waals surface area contributed by atoms with E-state index in [0.717, 1.165) is 5.56 Å². The van der Waals surface area contributed by atoms with Crippen molar-refractivity contribution in [3.8, 4) is 34.3 Å². The molecular weight excluding hydrogens is 280 g/mol. The lowest BCUT2D eigenvalue weighted by atomic mass is 10.2. The molecule has 0 unspecified atom stereocenters. The van der Waals surface area contributed by atoms with Gasteiger partial charge in [0.1, 0.15) is 11.5 Å². The van der Waals surface area contributed by atoms with Gasteiger partial charge in [0, 0.05) is 16.7 Å². The zero-order valence-corrected chi connectivity index (χ0v) is 10.9. The highest BCUT2D eigenvalue weighted by atomic mass is 35.5. The normalized spacial score (nSPS) is 10.7. The highest BCUT2D eigenvalue weighted by Crippen LogP contribution is 2.32. The van der Waals surface area contributed by atoms with Crippen LogP contribution in [0.1, 0.15) is 0 Å². The number of benzene rings is 2. The highest BCUT2D eigenvalue weighted by molar-refractivity contribution is 6.30. The van der Waals surface area contributed by atoms with Gasteiger partial charge in [0.05, 0.1) is 5.56 Å². The number of hydrogen-bond acceptors (Lipinski definition) is 5. The quantitative estimate of drug-likeness (QED) is 0.755. The molecule has 100 valence electrons. The summed E-state index contributed by atoms with van der Waals surface area (Å²) in [5, 5.41) is 23.5. The van der Waals surface area contributed by atoms with Gasteiger partial charge < -0.3 is 14.7 Å². The van der Waals surface area contributed by atoms with E-state index in [0.29, 0.717) is 16.4 Å². The van der Waals surface area contributed by atoms with Crippen molar-refractivity contribution in [2.24, 2.45) is 0 Å². The Morgan fingerprint density at radius 1 is 1.00 bits per heavy atom. The molecule has 20 heavy (non-hydrogen) atoms. The zero-order valence-electron chi connectivity index (χ0n) is 10.1. The Morgan fingerprint density at radius 2 is 1.75 bits per heavy atom. The maximum Gasteiger partial charge on any atom is 0.262 e. The fourth-order valence-electron chi connectivity index (χ4n) is 1.75. The van der Waals surface area contributed by atoms with E-state index in [1.54, 1.807) is 24.3 Å². The lowest BCUT2D eigenvalue weighted by Gasteiger charge is -1.99. The number of nitrogens with zero attached hydrogens (tertiary/aromatic N) is 2. The fourth-order valence-corrected chi connectivity index (χ4v) is 1.88. The van der Waals surface area contributed by atoms with E-state index in [4.69, 9.17) is 16.1 Å². The molecule has 0 atom stereocenters. The number of phenolic OH excluding ortho intramolecular Hbond substituents is 2. The molecule has 5 nitrogen and oxygen atoms in total. The first-order valence-corrected chi connectivity index (χ1v) is 6.13. The van der Waals surface area contributed by atoms with E-state index in [-0.39, 0.29) is 17.4 Å². The lowest BCUT2D eigenvalue weighted by molar-refractivity contribution is 0.423. The van der Waals surface area contributed by atoms with Crippen LogP contribution in [-0.2, 0) is 0 Å². The van der Waals surface area contributed by atoms with Gasteiger partial charge in [0.15, 0.2) is 0 Å². The Balaban J connectivity index is 1.99. The largest absolute Gasteiger partial charge is 0.508 e. The third-order valence-corrected chi connectivity index (χ3v) is 2.99. The van der Waals surface area contributed by atoms with Gasteiger partial charge in [-0.15, -0.1) is 0 Å². The van der Waals surface area contributed by atoms with Crippen molar-refractivity contribution >= 4 is 11.6 Å². The highest BCUT2D eigenvalue weighted by Gasteiger charge is 2.14. The van der Waals surface area contributed by atoms with Crippen LogP contribution in [0.2, 0.25) is 5.02 Å². The monoisotopic (exact) mass is 288 g/mol. The maximum absolute atomic E-state index is 9.76.